The Hall–Kier alpha value is -3.70. The number of benzene rings is 3. The van der Waals surface area contributed by atoms with E-state index in [4.69, 9.17) is 16.6 Å². The lowest BCUT2D eigenvalue weighted by molar-refractivity contribution is -0.131. The molecule has 2 aliphatic rings. The molecule has 5 nitrogen and oxygen atoms in total. The number of aromatic amines is 1. The third kappa shape index (κ3) is 5.23. The first-order valence-corrected chi connectivity index (χ1v) is 14.6. The number of carbonyl (C=O) groups excluding carboxylic acids is 1. The lowest BCUT2D eigenvalue weighted by Crippen LogP contribution is -2.34. The van der Waals surface area contributed by atoms with Crippen LogP contribution in [0.1, 0.15) is 72.8 Å². The maximum Gasteiger partial charge on any atom is 0.256 e. The third-order valence-electron chi connectivity index (χ3n) is 8.39. The summed E-state index contributed by atoms with van der Waals surface area (Å²) in [7, 11) is 0. The van der Waals surface area contributed by atoms with Crippen molar-refractivity contribution in [3.05, 3.63) is 122 Å². The van der Waals surface area contributed by atoms with E-state index in [1.54, 1.807) is 0 Å². The van der Waals surface area contributed by atoms with Gasteiger partial charge in [0.2, 0.25) is 5.91 Å². The molecule has 0 atom stereocenters. The zero-order valence-electron chi connectivity index (χ0n) is 23.0. The first-order valence-electron chi connectivity index (χ1n) is 14.2. The van der Waals surface area contributed by atoms with Gasteiger partial charge in [-0.2, -0.15) is 0 Å². The van der Waals surface area contributed by atoms with Crippen LogP contribution in [0.3, 0.4) is 0 Å². The number of halogens is 1. The molecule has 1 aliphatic carbocycles. The Kier molecular flexibility index (Phi) is 7.09. The molecule has 1 N–H and O–H groups in total. The molecule has 40 heavy (non-hydrogen) atoms. The molecule has 1 aliphatic heterocycles. The Balaban J connectivity index is 1.21. The van der Waals surface area contributed by atoms with Crippen LogP contribution in [-0.2, 0) is 29.6 Å². The summed E-state index contributed by atoms with van der Waals surface area (Å²) < 4.78 is 0. The molecule has 2 heterocycles. The molecule has 0 radical (unpaired) electrons. The van der Waals surface area contributed by atoms with Crippen LogP contribution in [-0.4, -0.2) is 27.3 Å². The van der Waals surface area contributed by atoms with Crippen molar-refractivity contribution < 1.29 is 4.79 Å². The fourth-order valence-corrected chi connectivity index (χ4v) is 6.05. The molecule has 6 heteroatoms. The number of H-pyrrole nitrogens is 1. The van der Waals surface area contributed by atoms with Gasteiger partial charge in [0.1, 0.15) is 5.82 Å². The van der Waals surface area contributed by atoms with Gasteiger partial charge in [-0.3, -0.25) is 9.59 Å². The number of nitrogens with zero attached hydrogens (tertiary/aromatic N) is 2. The van der Waals surface area contributed by atoms with Crippen molar-refractivity contribution in [2.45, 2.75) is 63.8 Å². The second-order valence-corrected chi connectivity index (χ2v) is 11.9. The summed E-state index contributed by atoms with van der Waals surface area (Å²) >= 11 is 6.27. The van der Waals surface area contributed by atoms with Crippen molar-refractivity contribution in [1.82, 2.24) is 14.9 Å². The van der Waals surface area contributed by atoms with E-state index in [0.29, 0.717) is 35.9 Å². The van der Waals surface area contributed by atoms with Crippen LogP contribution in [0.2, 0.25) is 5.02 Å². The van der Waals surface area contributed by atoms with E-state index in [1.807, 2.05) is 35.2 Å². The van der Waals surface area contributed by atoms with Crippen molar-refractivity contribution >= 4 is 17.5 Å². The van der Waals surface area contributed by atoms with Crippen LogP contribution in [0.25, 0.3) is 11.1 Å². The summed E-state index contributed by atoms with van der Waals surface area (Å²) in [5.41, 5.74) is 6.63. The Morgan fingerprint density at radius 1 is 1.02 bits per heavy atom. The predicted octanol–water partition coefficient (Wildman–Crippen LogP) is 6.81. The van der Waals surface area contributed by atoms with Gasteiger partial charge < -0.3 is 9.88 Å². The maximum absolute atomic E-state index is 13.5. The normalized spacial score (nSPS) is 15.9. The number of fused-ring (bicyclic) bond motifs is 1. The van der Waals surface area contributed by atoms with Crippen molar-refractivity contribution in [2.24, 2.45) is 0 Å². The number of rotatable bonds is 6. The largest absolute Gasteiger partial charge is 0.338 e. The van der Waals surface area contributed by atoms with E-state index in [2.05, 4.69) is 61.3 Å². The number of hydrogen-bond donors (Lipinski definition) is 1. The SMILES string of the molecule is CC(C)c1cccc(-c2cccc(CC(=O)N3CCCc4nc(C5(c6cccc(Cl)c6)CC5)[nH]c(=O)c4C3)c2)c1. The Morgan fingerprint density at radius 3 is 2.52 bits per heavy atom. The highest BCUT2D eigenvalue weighted by molar-refractivity contribution is 6.30. The molecule has 1 fully saturated rings. The van der Waals surface area contributed by atoms with E-state index in [0.717, 1.165) is 53.0 Å². The number of carbonyl (C=O) groups is 1. The topological polar surface area (TPSA) is 66.1 Å². The highest BCUT2D eigenvalue weighted by Gasteiger charge is 2.48. The molecular formula is C34H34ClN3O2. The molecule has 0 spiro atoms. The van der Waals surface area contributed by atoms with Gasteiger partial charge in [0.15, 0.2) is 0 Å². The van der Waals surface area contributed by atoms with Crippen LogP contribution < -0.4 is 5.56 Å². The van der Waals surface area contributed by atoms with Gasteiger partial charge in [-0.05, 0) is 71.6 Å². The molecule has 0 unspecified atom stereocenters. The predicted molar refractivity (Wildman–Crippen MR) is 160 cm³/mol. The minimum absolute atomic E-state index is 0.0296. The summed E-state index contributed by atoms with van der Waals surface area (Å²) in [6.07, 6.45) is 3.62. The fourth-order valence-electron chi connectivity index (χ4n) is 5.86. The van der Waals surface area contributed by atoms with Gasteiger partial charge >= 0.3 is 0 Å². The summed E-state index contributed by atoms with van der Waals surface area (Å²) in [6.45, 7) is 5.28. The van der Waals surface area contributed by atoms with Crippen LogP contribution in [0.15, 0.2) is 77.6 Å². The third-order valence-corrected chi connectivity index (χ3v) is 8.63. The smallest absolute Gasteiger partial charge is 0.256 e. The first kappa shape index (κ1) is 26.5. The molecule has 6 rings (SSSR count). The molecule has 204 valence electrons. The van der Waals surface area contributed by atoms with E-state index in [9.17, 15) is 9.59 Å². The van der Waals surface area contributed by atoms with Gasteiger partial charge in [0, 0.05) is 11.6 Å². The van der Waals surface area contributed by atoms with Crippen molar-refractivity contribution in [2.75, 3.05) is 6.54 Å². The van der Waals surface area contributed by atoms with Gasteiger partial charge in [-0.1, -0.05) is 86.1 Å². The van der Waals surface area contributed by atoms with Gasteiger partial charge in [-0.25, -0.2) is 4.98 Å². The molecule has 3 aromatic carbocycles. The van der Waals surface area contributed by atoms with E-state index in [-0.39, 0.29) is 23.4 Å². The molecule has 1 aromatic heterocycles. The lowest BCUT2D eigenvalue weighted by Gasteiger charge is -2.21. The summed E-state index contributed by atoms with van der Waals surface area (Å²) in [5, 5.41) is 0.685. The summed E-state index contributed by atoms with van der Waals surface area (Å²) in [4.78, 5) is 36.7. The number of nitrogens with one attached hydrogen (secondary N) is 1. The molecular weight excluding hydrogens is 518 g/mol. The average Bonchev–Trinajstić information content (AvgIpc) is 3.78. The zero-order valence-corrected chi connectivity index (χ0v) is 23.8. The number of amides is 1. The average molecular weight is 552 g/mol. The van der Waals surface area contributed by atoms with E-state index >= 15 is 0 Å². The fraction of sp³-hybridized carbons (Fsp3) is 0.324. The van der Waals surface area contributed by atoms with Gasteiger partial charge in [0.25, 0.3) is 5.56 Å². The van der Waals surface area contributed by atoms with Crippen LogP contribution in [0.5, 0.6) is 0 Å². The standard InChI is InChI=1S/C34H34ClN3O2/c1-22(2)24-8-4-10-26(19-24)25-9-3-7-23(17-25)18-31(39)38-16-6-13-30-29(21-38)32(40)37-33(36-30)34(14-15-34)27-11-5-12-28(35)20-27/h3-5,7-12,17,19-20,22H,6,13-16,18,21H2,1-2H3,(H,36,37,40). The Labute approximate surface area is 240 Å². The lowest BCUT2D eigenvalue weighted by atomic mass is 9.94. The summed E-state index contributed by atoms with van der Waals surface area (Å²) in [5.74, 6) is 1.20. The van der Waals surface area contributed by atoms with E-state index < -0.39 is 0 Å². The molecule has 1 amide bonds. The van der Waals surface area contributed by atoms with Crippen LogP contribution >= 0.6 is 11.6 Å². The Bertz CT molecular complexity index is 1640. The maximum atomic E-state index is 13.5. The molecule has 4 aromatic rings. The minimum Gasteiger partial charge on any atom is -0.338 e. The minimum atomic E-state index is -0.277. The summed E-state index contributed by atoms with van der Waals surface area (Å²) in [6, 6.07) is 24.6. The van der Waals surface area contributed by atoms with Gasteiger partial charge in [0.05, 0.1) is 29.6 Å². The van der Waals surface area contributed by atoms with Crippen molar-refractivity contribution in [3.8, 4) is 11.1 Å². The number of aromatic nitrogens is 2. The first-order chi connectivity index (χ1) is 19.3. The van der Waals surface area contributed by atoms with Crippen molar-refractivity contribution in [3.63, 3.8) is 0 Å². The quantitative estimate of drug-likeness (QED) is 0.286. The molecule has 1 saturated carbocycles. The van der Waals surface area contributed by atoms with Gasteiger partial charge in [-0.15, -0.1) is 0 Å². The van der Waals surface area contributed by atoms with Crippen LogP contribution in [0, 0.1) is 0 Å². The van der Waals surface area contributed by atoms with Crippen molar-refractivity contribution in [1.29, 1.82) is 0 Å². The number of hydrogen-bond acceptors (Lipinski definition) is 3. The monoisotopic (exact) mass is 551 g/mol. The Morgan fingerprint density at radius 2 is 1.77 bits per heavy atom. The van der Waals surface area contributed by atoms with E-state index in [1.165, 1.54) is 5.56 Å². The highest BCUT2D eigenvalue weighted by atomic mass is 35.5. The zero-order chi connectivity index (χ0) is 27.9. The second kappa shape index (κ2) is 10.7. The van der Waals surface area contributed by atoms with Crippen LogP contribution in [0.4, 0.5) is 0 Å². The molecule has 0 bridgehead atoms. The molecule has 0 saturated heterocycles. The number of aryl methyl sites for hydroxylation is 1. The second-order valence-electron chi connectivity index (χ2n) is 11.5. The highest BCUT2D eigenvalue weighted by Crippen LogP contribution is 2.52.